The molecule has 1 aliphatic heterocycles. The van der Waals surface area contributed by atoms with Gasteiger partial charge >= 0.3 is 6.03 Å². The second kappa shape index (κ2) is 15.0. The van der Waals surface area contributed by atoms with Crippen molar-refractivity contribution in [2.45, 2.75) is 19.9 Å². The fourth-order valence-electron chi connectivity index (χ4n) is 4.49. The van der Waals surface area contributed by atoms with Crippen LogP contribution in [-0.2, 0) is 14.4 Å². The smallest absolute Gasteiger partial charge is 0.319 e. The molecule has 0 radical (unpaired) electrons. The Morgan fingerprint density at radius 1 is 0.867 bits per heavy atom. The van der Waals surface area contributed by atoms with Crippen LogP contribution in [-0.4, -0.2) is 57.3 Å². The number of hydrogen-bond donors (Lipinski definition) is 4. The number of nitrogens with zero attached hydrogens (tertiary/aromatic N) is 1. The van der Waals surface area contributed by atoms with E-state index in [1.165, 1.54) is 27.4 Å². The number of benzene rings is 3. The van der Waals surface area contributed by atoms with Gasteiger partial charge in [-0.25, -0.2) is 10.2 Å². The lowest BCUT2D eigenvalue weighted by Crippen LogP contribution is -2.44. The van der Waals surface area contributed by atoms with Gasteiger partial charge in [0.1, 0.15) is 0 Å². The summed E-state index contributed by atoms with van der Waals surface area (Å²) in [5.74, 6) is 0.289. The zero-order chi connectivity index (χ0) is 32.3. The predicted octanol–water partition coefficient (Wildman–Crippen LogP) is 3.47. The van der Waals surface area contributed by atoms with Crippen LogP contribution in [0.1, 0.15) is 31.0 Å². The van der Waals surface area contributed by atoms with E-state index in [9.17, 15) is 19.2 Å². The fourth-order valence-corrected chi connectivity index (χ4v) is 4.49. The quantitative estimate of drug-likeness (QED) is 0.168. The van der Waals surface area contributed by atoms with E-state index in [0.717, 1.165) is 0 Å². The number of ether oxygens (including phenoxy) is 4. The van der Waals surface area contributed by atoms with Crippen LogP contribution >= 0.6 is 0 Å². The van der Waals surface area contributed by atoms with Crippen molar-refractivity contribution in [3.05, 3.63) is 89.1 Å². The molecule has 234 valence electrons. The number of hydrogen-bond acceptors (Lipinski definition) is 9. The highest BCUT2D eigenvalue weighted by molar-refractivity contribution is 5.98. The lowest BCUT2D eigenvalue weighted by molar-refractivity contribution is -0.123. The van der Waals surface area contributed by atoms with Gasteiger partial charge in [0.25, 0.3) is 11.8 Å². The van der Waals surface area contributed by atoms with Gasteiger partial charge in [-0.05, 0) is 67.4 Å². The third-order valence-electron chi connectivity index (χ3n) is 6.54. The number of methoxy groups -OCH3 is 2. The Morgan fingerprint density at radius 2 is 1.51 bits per heavy atom. The van der Waals surface area contributed by atoms with Crippen LogP contribution in [0.5, 0.6) is 23.0 Å². The zero-order valence-corrected chi connectivity index (χ0v) is 25.1. The van der Waals surface area contributed by atoms with Gasteiger partial charge in [0.15, 0.2) is 42.0 Å². The molecule has 0 unspecified atom stereocenters. The van der Waals surface area contributed by atoms with Crippen LogP contribution in [0.25, 0.3) is 0 Å². The Kier molecular flexibility index (Phi) is 10.7. The molecule has 0 aliphatic carbocycles. The maximum absolute atomic E-state index is 12.4. The highest BCUT2D eigenvalue weighted by atomic mass is 16.5. The monoisotopic (exact) mass is 615 g/mol. The molecule has 0 saturated carbocycles. The number of hydrazone groups is 1. The van der Waals surface area contributed by atoms with Crippen LogP contribution in [0, 0.1) is 0 Å². The summed E-state index contributed by atoms with van der Waals surface area (Å²) >= 11 is 0. The molecule has 45 heavy (non-hydrogen) atoms. The van der Waals surface area contributed by atoms with Crippen molar-refractivity contribution in [2.75, 3.05) is 32.8 Å². The Bertz CT molecular complexity index is 1640. The molecule has 1 aliphatic rings. The van der Waals surface area contributed by atoms with Gasteiger partial charge in [-0.1, -0.05) is 24.3 Å². The van der Waals surface area contributed by atoms with Crippen molar-refractivity contribution in [3.8, 4) is 23.0 Å². The van der Waals surface area contributed by atoms with Gasteiger partial charge in [-0.2, -0.15) is 5.10 Å². The Labute approximate surface area is 259 Å². The Balaban J connectivity index is 1.31. The third kappa shape index (κ3) is 8.60. The molecule has 13 heteroatoms. The summed E-state index contributed by atoms with van der Waals surface area (Å²) in [6, 6.07) is 17.8. The summed E-state index contributed by atoms with van der Waals surface area (Å²) in [4.78, 5) is 48.9. The van der Waals surface area contributed by atoms with Crippen LogP contribution < -0.4 is 40.3 Å². The number of allylic oxidation sites excluding steroid dienone is 1. The van der Waals surface area contributed by atoms with Gasteiger partial charge in [0.2, 0.25) is 0 Å². The van der Waals surface area contributed by atoms with E-state index in [1.54, 1.807) is 55.5 Å². The third-order valence-corrected chi connectivity index (χ3v) is 6.54. The summed E-state index contributed by atoms with van der Waals surface area (Å²) in [5, 5.41) is 12.0. The topological polar surface area (TPSA) is 166 Å². The minimum atomic E-state index is -0.671. The van der Waals surface area contributed by atoms with Crippen molar-refractivity contribution in [2.24, 2.45) is 5.10 Å². The fraction of sp³-hybridized carbons (Fsp3) is 0.219. The number of amides is 4. The average Bonchev–Trinajstić information content (AvgIpc) is 3.02. The molecular formula is C32H33N5O8. The van der Waals surface area contributed by atoms with Crippen molar-refractivity contribution in [1.29, 1.82) is 0 Å². The number of carbonyl (C=O) groups excluding carboxylic acids is 4. The van der Waals surface area contributed by atoms with E-state index >= 15 is 0 Å². The molecule has 0 bridgehead atoms. The van der Waals surface area contributed by atoms with Gasteiger partial charge in [-0.3, -0.25) is 14.4 Å². The number of urea groups is 1. The Hall–Kier alpha value is -5.85. The molecule has 0 saturated heterocycles. The first-order valence-electron chi connectivity index (χ1n) is 13.8. The maximum atomic E-state index is 12.4. The highest BCUT2D eigenvalue weighted by Crippen LogP contribution is 2.34. The second-order valence-corrected chi connectivity index (χ2v) is 9.73. The average molecular weight is 616 g/mol. The predicted molar refractivity (Wildman–Crippen MR) is 166 cm³/mol. The summed E-state index contributed by atoms with van der Waals surface area (Å²) in [6.45, 7) is 2.51. The molecule has 0 fully saturated rings. The molecule has 0 spiro atoms. The number of rotatable bonds is 13. The summed E-state index contributed by atoms with van der Waals surface area (Å²) in [5.41, 5.74) is 5.15. The number of Topliss-reactive ketones (excluding diaryl/α,β-unsaturated/α-hetero) is 1. The molecule has 3 aromatic rings. The molecule has 1 heterocycles. The minimum absolute atomic E-state index is 0.187. The molecule has 4 amide bonds. The normalized spacial score (nSPS) is 14.2. The molecule has 13 nitrogen and oxygen atoms in total. The van der Waals surface area contributed by atoms with E-state index in [2.05, 4.69) is 26.5 Å². The number of nitrogens with one attached hydrogen (secondary N) is 4. The molecule has 0 aromatic heterocycles. The van der Waals surface area contributed by atoms with Crippen molar-refractivity contribution in [1.82, 2.24) is 16.1 Å². The largest absolute Gasteiger partial charge is 0.493 e. The van der Waals surface area contributed by atoms with Crippen LogP contribution in [0.2, 0.25) is 0 Å². The van der Waals surface area contributed by atoms with Gasteiger partial charge < -0.3 is 34.9 Å². The van der Waals surface area contributed by atoms with Crippen molar-refractivity contribution < 1.29 is 38.1 Å². The first-order chi connectivity index (χ1) is 21.7. The van der Waals surface area contributed by atoms with Crippen LogP contribution in [0.15, 0.2) is 83.1 Å². The highest BCUT2D eigenvalue weighted by Gasteiger charge is 2.29. The first kappa shape index (κ1) is 32.1. The number of anilines is 1. The van der Waals surface area contributed by atoms with Gasteiger partial charge in [0.05, 0.1) is 26.5 Å². The van der Waals surface area contributed by atoms with E-state index in [0.29, 0.717) is 45.3 Å². The van der Waals surface area contributed by atoms with E-state index in [4.69, 9.17) is 18.9 Å². The summed E-state index contributed by atoms with van der Waals surface area (Å²) in [6.07, 6.45) is 1.41. The standard InChI is InChI=1S/C32H33N5O8/c1-19-30(20(2)38)31(36-32(41)34-19)22-11-13-25(27(15-22)43-4)45-18-29(40)37-33-16-21-10-12-24(26(14-21)42-3)44-17-28(39)35-23-8-6-5-7-9-23/h5-16,31H,17-18H2,1-4H3,(H,35,39)(H,37,40)(H2,34,36,41)/b33-16-/t31-/m0/s1. The summed E-state index contributed by atoms with van der Waals surface area (Å²) < 4.78 is 22.0. The number of para-hydroxylation sites is 1. The lowest BCUT2D eigenvalue weighted by atomic mass is 9.93. The van der Waals surface area contributed by atoms with Crippen LogP contribution in [0.4, 0.5) is 10.5 Å². The van der Waals surface area contributed by atoms with Gasteiger partial charge in [0, 0.05) is 17.0 Å². The molecule has 1 atom stereocenters. The van der Waals surface area contributed by atoms with Crippen molar-refractivity contribution in [3.63, 3.8) is 0 Å². The second-order valence-electron chi connectivity index (χ2n) is 9.73. The maximum Gasteiger partial charge on any atom is 0.319 e. The minimum Gasteiger partial charge on any atom is -0.493 e. The number of carbonyl (C=O) groups is 4. The molecule has 4 rings (SSSR count). The Morgan fingerprint density at radius 3 is 2.18 bits per heavy atom. The summed E-state index contributed by atoms with van der Waals surface area (Å²) in [7, 11) is 2.91. The molecule has 3 aromatic carbocycles. The first-order valence-corrected chi connectivity index (χ1v) is 13.8. The van der Waals surface area contributed by atoms with E-state index in [-0.39, 0.29) is 30.7 Å². The molecule has 4 N–H and O–H groups in total. The lowest BCUT2D eigenvalue weighted by Gasteiger charge is -2.28. The van der Waals surface area contributed by atoms with Crippen molar-refractivity contribution >= 4 is 35.5 Å². The van der Waals surface area contributed by atoms with Gasteiger partial charge in [-0.15, -0.1) is 0 Å². The van der Waals surface area contributed by atoms with Crippen LogP contribution in [0.3, 0.4) is 0 Å². The van der Waals surface area contributed by atoms with E-state index in [1.807, 2.05) is 18.2 Å². The molecular weight excluding hydrogens is 582 g/mol. The van der Waals surface area contributed by atoms with E-state index < -0.39 is 18.0 Å². The SMILES string of the molecule is COc1cc([C@@H]2NC(=O)NC(C)=C2C(C)=O)ccc1OCC(=O)N/N=C\c1ccc(OCC(=O)Nc2ccccc2)c(OC)c1. The zero-order valence-electron chi connectivity index (χ0n) is 25.1. The number of ketones is 1.